The summed E-state index contributed by atoms with van der Waals surface area (Å²) in [6, 6.07) is 0. The van der Waals surface area contributed by atoms with Crippen molar-refractivity contribution in [1.82, 2.24) is 5.32 Å². The van der Waals surface area contributed by atoms with Crippen LogP contribution in [0.4, 0.5) is 0 Å². The van der Waals surface area contributed by atoms with Gasteiger partial charge in [-0.2, -0.15) is 0 Å². The van der Waals surface area contributed by atoms with Crippen LogP contribution in [0.1, 0.15) is 20.3 Å². The first-order valence-electron chi connectivity index (χ1n) is 4.59. The molecule has 0 saturated carbocycles. The summed E-state index contributed by atoms with van der Waals surface area (Å²) < 4.78 is 11.1. The van der Waals surface area contributed by atoms with Crippen LogP contribution in [0.3, 0.4) is 0 Å². The van der Waals surface area contributed by atoms with Gasteiger partial charge in [0.05, 0.1) is 19.8 Å². The molecule has 2 aliphatic rings. The van der Waals surface area contributed by atoms with Gasteiger partial charge in [-0.3, -0.25) is 5.32 Å². The van der Waals surface area contributed by atoms with E-state index >= 15 is 0 Å². The van der Waals surface area contributed by atoms with Crippen molar-refractivity contribution in [3.8, 4) is 0 Å². The van der Waals surface area contributed by atoms with Crippen molar-refractivity contribution in [2.24, 2.45) is 5.41 Å². The Morgan fingerprint density at radius 3 is 2.58 bits per heavy atom. The van der Waals surface area contributed by atoms with Crippen molar-refractivity contribution in [1.29, 1.82) is 0 Å². The van der Waals surface area contributed by atoms with E-state index in [-0.39, 0.29) is 11.1 Å². The van der Waals surface area contributed by atoms with Gasteiger partial charge in [-0.05, 0) is 0 Å². The SMILES string of the molecule is CC1(C)CNC2(CCOC2)OC1. The Hall–Kier alpha value is -0.120. The van der Waals surface area contributed by atoms with Gasteiger partial charge in [0.1, 0.15) is 5.72 Å². The number of nitrogens with one attached hydrogen (secondary N) is 1. The molecule has 0 aliphatic carbocycles. The maximum atomic E-state index is 5.81. The molecule has 0 aromatic rings. The first-order chi connectivity index (χ1) is 5.62. The Labute approximate surface area is 73.4 Å². The zero-order chi connectivity index (χ0) is 8.66. The van der Waals surface area contributed by atoms with E-state index in [0.717, 1.165) is 26.2 Å². The fourth-order valence-electron chi connectivity index (χ4n) is 1.64. The largest absolute Gasteiger partial charge is 0.377 e. The molecule has 1 unspecified atom stereocenters. The molecule has 0 aromatic carbocycles. The summed E-state index contributed by atoms with van der Waals surface area (Å²) in [4.78, 5) is 0. The van der Waals surface area contributed by atoms with E-state index in [1.807, 2.05) is 0 Å². The lowest BCUT2D eigenvalue weighted by Crippen LogP contribution is -2.58. The highest BCUT2D eigenvalue weighted by Gasteiger charge is 2.41. The van der Waals surface area contributed by atoms with Gasteiger partial charge in [0.25, 0.3) is 0 Å². The molecule has 0 aromatic heterocycles. The summed E-state index contributed by atoms with van der Waals surface area (Å²) >= 11 is 0. The zero-order valence-corrected chi connectivity index (χ0v) is 7.85. The molecule has 3 heteroatoms. The van der Waals surface area contributed by atoms with E-state index in [1.165, 1.54) is 0 Å². The summed E-state index contributed by atoms with van der Waals surface area (Å²) in [5.41, 5.74) is 0.128. The molecule has 2 rings (SSSR count). The maximum Gasteiger partial charge on any atom is 0.144 e. The van der Waals surface area contributed by atoms with Gasteiger partial charge in [0.15, 0.2) is 0 Å². The molecule has 0 radical (unpaired) electrons. The molecular weight excluding hydrogens is 154 g/mol. The molecule has 1 spiro atoms. The number of hydrogen-bond acceptors (Lipinski definition) is 3. The average molecular weight is 171 g/mol. The van der Waals surface area contributed by atoms with Crippen LogP contribution in [0.25, 0.3) is 0 Å². The lowest BCUT2D eigenvalue weighted by Gasteiger charge is -2.41. The normalized spacial score (nSPS) is 40.5. The van der Waals surface area contributed by atoms with Crippen LogP contribution in [0, 0.1) is 5.41 Å². The predicted octanol–water partition coefficient (Wildman–Crippen LogP) is 0.749. The molecule has 0 amide bonds. The van der Waals surface area contributed by atoms with Crippen LogP contribution < -0.4 is 5.32 Å². The first-order valence-corrected chi connectivity index (χ1v) is 4.59. The minimum absolute atomic E-state index is 0.143. The topological polar surface area (TPSA) is 30.5 Å². The van der Waals surface area contributed by atoms with Gasteiger partial charge in [-0.1, -0.05) is 13.8 Å². The highest BCUT2D eigenvalue weighted by Crippen LogP contribution is 2.29. The van der Waals surface area contributed by atoms with Crippen LogP contribution in [-0.4, -0.2) is 32.1 Å². The van der Waals surface area contributed by atoms with Crippen LogP contribution >= 0.6 is 0 Å². The van der Waals surface area contributed by atoms with Crippen LogP contribution in [0.15, 0.2) is 0 Å². The Balaban J connectivity index is 1.97. The van der Waals surface area contributed by atoms with E-state index in [9.17, 15) is 0 Å². The minimum Gasteiger partial charge on any atom is -0.377 e. The Morgan fingerprint density at radius 2 is 2.08 bits per heavy atom. The fourth-order valence-corrected chi connectivity index (χ4v) is 1.64. The summed E-state index contributed by atoms with van der Waals surface area (Å²) in [6.07, 6.45) is 0.989. The average Bonchev–Trinajstić information content (AvgIpc) is 2.46. The fraction of sp³-hybridized carbons (Fsp3) is 1.00. The van der Waals surface area contributed by atoms with Crippen LogP contribution in [-0.2, 0) is 9.47 Å². The number of hydrogen-bond donors (Lipinski definition) is 1. The molecule has 2 saturated heterocycles. The molecule has 1 atom stereocenters. The standard InChI is InChI=1S/C9H17NO2/c1-8(2)5-10-9(12-6-8)3-4-11-7-9/h10H,3-7H2,1-2H3. The molecule has 2 fully saturated rings. The van der Waals surface area contributed by atoms with Gasteiger partial charge in [-0.25, -0.2) is 0 Å². The summed E-state index contributed by atoms with van der Waals surface area (Å²) in [5, 5.41) is 3.44. The smallest absolute Gasteiger partial charge is 0.144 e. The highest BCUT2D eigenvalue weighted by atomic mass is 16.6. The van der Waals surface area contributed by atoms with Crippen molar-refractivity contribution in [2.45, 2.75) is 26.0 Å². The second-order valence-electron chi connectivity index (χ2n) is 4.60. The quantitative estimate of drug-likeness (QED) is 0.583. The molecule has 12 heavy (non-hydrogen) atoms. The maximum absolute atomic E-state index is 5.81. The number of rotatable bonds is 0. The van der Waals surface area contributed by atoms with E-state index in [1.54, 1.807) is 0 Å². The van der Waals surface area contributed by atoms with E-state index in [2.05, 4.69) is 19.2 Å². The number of ether oxygens (including phenoxy) is 2. The van der Waals surface area contributed by atoms with Crippen LogP contribution in [0.2, 0.25) is 0 Å². The van der Waals surface area contributed by atoms with E-state index in [4.69, 9.17) is 9.47 Å². The summed E-state index contributed by atoms with van der Waals surface area (Å²) in [7, 11) is 0. The lowest BCUT2D eigenvalue weighted by molar-refractivity contribution is -0.135. The molecule has 3 nitrogen and oxygen atoms in total. The summed E-state index contributed by atoms with van der Waals surface area (Å²) in [5.74, 6) is 0. The van der Waals surface area contributed by atoms with Crippen molar-refractivity contribution >= 4 is 0 Å². The van der Waals surface area contributed by atoms with E-state index < -0.39 is 0 Å². The molecular formula is C9H17NO2. The van der Waals surface area contributed by atoms with Gasteiger partial charge < -0.3 is 9.47 Å². The van der Waals surface area contributed by atoms with Crippen molar-refractivity contribution < 1.29 is 9.47 Å². The molecule has 0 bridgehead atoms. The van der Waals surface area contributed by atoms with Crippen molar-refractivity contribution in [2.75, 3.05) is 26.4 Å². The first kappa shape index (κ1) is 8.48. The third kappa shape index (κ3) is 1.49. The molecule has 1 N–H and O–H groups in total. The minimum atomic E-state index is -0.143. The third-order valence-electron chi connectivity index (χ3n) is 2.61. The molecule has 2 heterocycles. The van der Waals surface area contributed by atoms with Crippen molar-refractivity contribution in [3.63, 3.8) is 0 Å². The second-order valence-corrected chi connectivity index (χ2v) is 4.60. The van der Waals surface area contributed by atoms with E-state index in [0.29, 0.717) is 6.61 Å². The zero-order valence-electron chi connectivity index (χ0n) is 7.85. The van der Waals surface area contributed by atoms with Gasteiger partial charge in [0, 0.05) is 18.4 Å². The second kappa shape index (κ2) is 2.69. The Kier molecular flexibility index (Phi) is 1.90. The third-order valence-corrected chi connectivity index (χ3v) is 2.61. The van der Waals surface area contributed by atoms with Gasteiger partial charge in [0.2, 0.25) is 0 Å². The Bertz CT molecular complexity index is 161. The monoisotopic (exact) mass is 171 g/mol. The molecule has 70 valence electrons. The Morgan fingerprint density at radius 1 is 1.25 bits per heavy atom. The predicted molar refractivity (Wildman–Crippen MR) is 45.9 cm³/mol. The highest BCUT2D eigenvalue weighted by molar-refractivity contribution is 4.89. The van der Waals surface area contributed by atoms with Crippen molar-refractivity contribution in [3.05, 3.63) is 0 Å². The van der Waals surface area contributed by atoms with Gasteiger partial charge in [-0.15, -0.1) is 0 Å². The van der Waals surface area contributed by atoms with Gasteiger partial charge >= 0.3 is 0 Å². The molecule has 2 aliphatic heterocycles. The summed E-state index contributed by atoms with van der Waals surface area (Å²) in [6.45, 7) is 7.82. The van der Waals surface area contributed by atoms with Crippen LogP contribution in [0.5, 0.6) is 0 Å². The lowest BCUT2D eigenvalue weighted by atomic mass is 9.92.